The molecule has 0 fully saturated rings. The molecule has 0 unspecified atom stereocenters. The van der Waals surface area contributed by atoms with Gasteiger partial charge in [-0.25, -0.2) is 0 Å². The van der Waals surface area contributed by atoms with Crippen LogP contribution >= 0.6 is 34.8 Å². The molecule has 0 radical (unpaired) electrons. The quantitative estimate of drug-likeness (QED) is 0.502. The predicted octanol–water partition coefficient (Wildman–Crippen LogP) is 3.44. The third-order valence-electron chi connectivity index (χ3n) is 3.94. The van der Waals surface area contributed by atoms with Gasteiger partial charge < -0.3 is 19.5 Å². The monoisotopic (exact) mass is 449 g/mol. The zero-order valence-corrected chi connectivity index (χ0v) is 17.3. The molecule has 0 aliphatic heterocycles. The molecule has 0 saturated heterocycles. The van der Waals surface area contributed by atoms with E-state index in [-0.39, 0.29) is 33.8 Å². The molecule has 0 spiro atoms. The van der Waals surface area contributed by atoms with E-state index in [0.29, 0.717) is 12.8 Å². The number of rotatable bonds is 7. The summed E-state index contributed by atoms with van der Waals surface area (Å²) in [5.41, 5.74) is 0. The molecule has 1 heterocycles. The van der Waals surface area contributed by atoms with Gasteiger partial charge in [-0.3, -0.25) is 9.59 Å². The van der Waals surface area contributed by atoms with Crippen LogP contribution in [0.1, 0.15) is 12.8 Å². The summed E-state index contributed by atoms with van der Waals surface area (Å²) in [7, 11) is 2.82. The predicted molar refractivity (Wildman–Crippen MR) is 105 cm³/mol. The molecule has 1 aliphatic rings. The molecule has 0 saturated carbocycles. The maximum Gasteiger partial charge on any atom is 0.321 e. The summed E-state index contributed by atoms with van der Waals surface area (Å²) in [5.74, 6) is -1.90. The van der Waals surface area contributed by atoms with Crippen LogP contribution in [0.25, 0.3) is 0 Å². The van der Waals surface area contributed by atoms with Crippen LogP contribution in [0.3, 0.4) is 0 Å². The summed E-state index contributed by atoms with van der Waals surface area (Å²) in [6.45, 7) is -0.266. The van der Waals surface area contributed by atoms with E-state index in [0.717, 1.165) is 0 Å². The molecule has 11 heteroatoms. The average Bonchev–Trinajstić information content (AvgIpc) is 2.71. The van der Waals surface area contributed by atoms with Crippen molar-refractivity contribution in [3.8, 4) is 11.9 Å². The van der Waals surface area contributed by atoms with Crippen molar-refractivity contribution < 1.29 is 23.8 Å². The lowest BCUT2D eigenvalue weighted by atomic mass is 9.82. The third-order valence-corrected chi connectivity index (χ3v) is 4.89. The van der Waals surface area contributed by atoms with Gasteiger partial charge in [0.25, 0.3) is 0 Å². The molecule has 2 atom stereocenters. The Morgan fingerprint density at radius 3 is 2.39 bits per heavy atom. The van der Waals surface area contributed by atoms with Crippen molar-refractivity contribution in [2.45, 2.75) is 12.8 Å². The van der Waals surface area contributed by atoms with E-state index < -0.39 is 23.7 Å². The molecule has 28 heavy (non-hydrogen) atoms. The summed E-state index contributed by atoms with van der Waals surface area (Å²) < 4.78 is 15.0. The van der Waals surface area contributed by atoms with Crippen molar-refractivity contribution in [1.82, 2.24) is 9.97 Å². The Morgan fingerprint density at radius 2 is 1.79 bits per heavy atom. The van der Waals surface area contributed by atoms with E-state index >= 15 is 0 Å². The molecule has 1 aromatic heterocycles. The number of nitrogens with one attached hydrogen (secondary N) is 1. The summed E-state index contributed by atoms with van der Waals surface area (Å²) in [4.78, 5) is 33.2. The number of nitrogens with zero attached hydrogens (tertiary/aromatic N) is 2. The molecule has 0 aromatic carbocycles. The lowest BCUT2D eigenvalue weighted by molar-refractivity contribution is -0.151. The molecule has 0 bridgehead atoms. The SMILES string of the molecule is COc1cc(NC(=O)[C@H]2CC=CC[C@@H]2C(=O)OCC(Cl)=C(Cl)Cl)nc(OC)n1. The molecule has 1 aromatic rings. The fourth-order valence-corrected chi connectivity index (χ4v) is 2.71. The standard InChI is InChI=1S/C17H18Cl3N3O5/c1-26-13-7-12(22-17(23-13)27-2)21-15(24)9-5-3-4-6-10(9)16(25)28-8-11(18)14(19)20/h3-4,7,9-10H,5-6,8H2,1-2H3,(H,21,22,23,24)/t9-,10-/m0/s1. The van der Waals surface area contributed by atoms with Gasteiger partial charge in [0.15, 0.2) is 0 Å². The number of esters is 1. The Morgan fingerprint density at radius 1 is 1.11 bits per heavy atom. The van der Waals surface area contributed by atoms with Gasteiger partial charge in [0.2, 0.25) is 11.8 Å². The van der Waals surface area contributed by atoms with Crippen LogP contribution in [0.5, 0.6) is 11.9 Å². The van der Waals surface area contributed by atoms with E-state index in [1.165, 1.54) is 20.3 Å². The van der Waals surface area contributed by atoms with E-state index in [4.69, 9.17) is 49.0 Å². The average molecular weight is 451 g/mol. The normalized spacial score (nSPS) is 18.2. The Balaban J connectivity index is 2.11. The minimum absolute atomic E-state index is 0.00390. The minimum Gasteiger partial charge on any atom is -0.481 e. The molecule has 1 N–H and O–H groups in total. The van der Waals surface area contributed by atoms with Gasteiger partial charge in [-0.1, -0.05) is 47.0 Å². The van der Waals surface area contributed by atoms with Crippen molar-refractivity contribution in [2.75, 3.05) is 26.1 Å². The number of carbonyl (C=O) groups is 2. The number of halogens is 3. The summed E-state index contributed by atoms with van der Waals surface area (Å²) in [6.07, 6.45) is 4.37. The van der Waals surface area contributed by atoms with Gasteiger partial charge in [-0.05, 0) is 12.8 Å². The van der Waals surface area contributed by atoms with Crippen LogP contribution in [0.15, 0.2) is 27.7 Å². The molecular formula is C17H18Cl3N3O5. The van der Waals surface area contributed by atoms with Gasteiger partial charge in [0.05, 0.1) is 31.1 Å². The van der Waals surface area contributed by atoms with Crippen molar-refractivity contribution in [1.29, 1.82) is 0 Å². The number of aromatic nitrogens is 2. The van der Waals surface area contributed by atoms with Crippen LogP contribution < -0.4 is 14.8 Å². The first-order valence-corrected chi connectivity index (χ1v) is 9.28. The van der Waals surface area contributed by atoms with Crippen LogP contribution in [0.2, 0.25) is 0 Å². The Hall–Kier alpha value is -2.03. The fourth-order valence-electron chi connectivity index (χ4n) is 2.54. The fraction of sp³-hybridized carbons (Fsp3) is 0.412. The van der Waals surface area contributed by atoms with Crippen LogP contribution in [-0.4, -0.2) is 42.7 Å². The number of anilines is 1. The summed E-state index contributed by atoms with van der Waals surface area (Å²) in [5, 5.41) is 2.66. The number of carbonyl (C=O) groups excluding carboxylic acids is 2. The topological polar surface area (TPSA) is 99.6 Å². The van der Waals surface area contributed by atoms with Crippen molar-refractivity contribution in [2.24, 2.45) is 11.8 Å². The lowest BCUT2D eigenvalue weighted by Gasteiger charge is -2.25. The van der Waals surface area contributed by atoms with Gasteiger partial charge in [-0.2, -0.15) is 9.97 Å². The molecule has 8 nitrogen and oxygen atoms in total. The van der Waals surface area contributed by atoms with E-state index in [9.17, 15) is 9.59 Å². The minimum atomic E-state index is -0.686. The number of hydrogen-bond donors (Lipinski definition) is 1. The Bertz CT molecular complexity index is 774. The third kappa shape index (κ3) is 5.98. The second kappa shape index (κ2) is 10.5. The highest BCUT2D eigenvalue weighted by Gasteiger charge is 2.35. The van der Waals surface area contributed by atoms with E-state index in [1.807, 2.05) is 12.2 Å². The van der Waals surface area contributed by atoms with E-state index in [1.54, 1.807) is 0 Å². The first-order valence-electron chi connectivity index (χ1n) is 8.15. The molecule has 1 aliphatic carbocycles. The first-order chi connectivity index (χ1) is 13.3. The van der Waals surface area contributed by atoms with Gasteiger partial charge in [-0.15, -0.1) is 0 Å². The zero-order valence-electron chi connectivity index (χ0n) is 15.1. The molecule has 1 amide bonds. The highest BCUT2D eigenvalue weighted by atomic mass is 35.5. The summed E-state index contributed by atoms with van der Waals surface area (Å²) >= 11 is 16.8. The second-order valence-corrected chi connectivity index (χ2v) is 7.11. The lowest BCUT2D eigenvalue weighted by Crippen LogP contribution is -2.36. The zero-order chi connectivity index (χ0) is 20.7. The smallest absolute Gasteiger partial charge is 0.321 e. The Labute approximate surface area is 176 Å². The number of amides is 1. The van der Waals surface area contributed by atoms with Gasteiger partial charge in [0.1, 0.15) is 16.9 Å². The van der Waals surface area contributed by atoms with Crippen LogP contribution in [0.4, 0.5) is 5.82 Å². The molecular weight excluding hydrogens is 433 g/mol. The maximum atomic E-state index is 12.8. The Kier molecular flexibility index (Phi) is 8.35. The van der Waals surface area contributed by atoms with Gasteiger partial charge >= 0.3 is 12.0 Å². The number of methoxy groups -OCH3 is 2. The highest BCUT2D eigenvalue weighted by molar-refractivity contribution is 6.59. The maximum absolute atomic E-state index is 12.8. The highest BCUT2D eigenvalue weighted by Crippen LogP contribution is 2.29. The second-order valence-electron chi connectivity index (χ2n) is 5.70. The van der Waals surface area contributed by atoms with E-state index in [2.05, 4.69) is 15.3 Å². The molecule has 152 valence electrons. The van der Waals surface area contributed by atoms with Crippen molar-refractivity contribution in [3.05, 3.63) is 27.7 Å². The largest absolute Gasteiger partial charge is 0.481 e. The van der Waals surface area contributed by atoms with Crippen molar-refractivity contribution >= 4 is 52.5 Å². The van der Waals surface area contributed by atoms with Crippen molar-refractivity contribution in [3.63, 3.8) is 0 Å². The van der Waals surface area contributed by atoms with Gasteiger partial charge in [0, 0.05) is 6.07 Å². The molecule has 2 rings (SSSR count). The number of ether oxygens (including phenoxy) is 3. The van der Waals surface area contributed by atoms with Crippen LogP contribution in [-0.2, 0) is 14.3 Å². The number of hydrogen-bond acceptors (Lipinski definition) is 7. The number of allylic oxidation sites excluding steroid dienone is 2. The summed E-state index contributed by atoms with van der Waals surface area (Å²) in [6, 6.07) is 1.48. The van der Waals surface area contributed by atoms with Crippen LogP contribution in [0, 0.1) is 11.8 Å². The first kappa shape index (κ1) is 22.3.